The number of halogens is 2. The minimum absolute atomic E-state index is 0.262. The molecular formula is C21H17BrFN3O3. The third-order valence-electron chi connectivity index (χ3n) is 3.88. The molecule has 1 aromatic heterocycles. The molecule has 0 aliphatic rings. The Morgan fingerprint density at radius 3 is 2.72 bits per heavy atom. The minimum atomic E-state index is -0.364. The molecule has 0 bridgehead atoms. The van der Waals surface area contributed by atoms with Gasteiger partial charge in [0.25, 0.3) is 5.91 Å². The Hall–Kier alpha value is -3.26. The molecule has 29 heavy (non-hydrogen) atoms. The molecule has 0 fully saturated rings. The van der Waals surface area contributed by atoms with Crippen molar-refractivity contribution in [2.75, 3.05) is 7.11 Å². The van der Waals surface area contributed by atoms with Gasteiger partial charge >= 0.3 is 0 Å². The lowest BCUT2D eigenvalue weighted by molar-refractivity contribution is 0.0955. The number of aromatic nitrogens is 1. The monoisotopic (exact) mass is 457 g/mol. The molecule has 1 amide bonds. The summed E-state index contributed by atoms with van der Waals surface area (Å²) in [7, 11) is 1.53. The largest absolute Gasteiger partial charge is 0.493 e. The first-order valence-corrected chi connectivity index (χ1v) is 9.34. The summed E-state index contributed by atoms with van der Waals surface area (Å²) >= 11 is 3.46. The van der Waals surface area contributed by atoms with Crippen LogP contribution in [0.1, 0.15) is 21.5 Å². The van der Waals surface area contributed by atoms with E-state index in [-0.39, 0.29) is 18.3 Å². The summed E-state index contributed by atoms with van der Waals surface area (Å²) in [6.45, 7) is 0.262. The van der Waals surface area contributed by atoms with E-state index in [4.69, 9.17) is 9.47 Å². The van der Waals surface area contributed by atoms with Crippen molar-refractivity contribution < 1.29 is 18.7 Å². The van der Waals surface area contributed by atoms with E-state index in [2.05, 4.69) is 31.4 Å². The van der Waals surface area contributed by atoms with Crippen LogP contribution in [0.3, 0.4) is 0 Å². The fraction of sp³-hybridized carbons (Fsp3) is 0.0952. The molecule has 1 heterocycles. The van der Waals surface area contributed by atoms with E-state index in [0.29, 0.717) is 27.1 Å². The average molecular weight is 458 g/mol. The summed E-state index contributed by atoms with van der Waals surface area (Å²) in [4.78, 5) is 15.9. The predicted octanol–water partition coefficient (Wildman–Crippen LogP) is 4.33. The SMILES string of the molecule is COc1cc(/C=N/NC(=O)c2cccnc2)c(Br)cc1OCc1ccc(F)cc1. The van der Waals surface area contributed by atoms with Gasteiger partial charge in [-0.3, -0.25) is 9.78 Å². The van der Waals surface area contributed by atoms with E-state index in [1.165, 1.54) is 31.7 Å². The van der Waals surface area contributed by atoms with E-state index in [1.54, 1.807) is 42.6 Å². The summed E-state index contributed by atoms with van der Waals surface area (Å²) in [5, 5.41) is 3.97. The number of hydrogen-bond donors (Lipinski definition) is 1. The van der Waals surface area contributed by atoms with Crippen molar-refractivity contribution in [3.8, 4) is 11.5 Å². The van der Waals surface area contributed by atoms with Crippen LogP contribution in [0.25, 0.3) is 0 Å². The Balaban J connectivity index is 1.68. The molecule has 0 unspecified atom stereocenters. The van der Waals surface area contributed by atoms with Gasteiger partial charge in [-0.1, -0.05) is 12.1 Å². The zero-order valence-corrected chi connectivity index (χ0v) is 17.0. The molecule has 2 aromatic carbocycles. The van der Waals surface area contributed by atoms with Crippen LogP contribution < -0.4 is 14.9 Å². The first-order valence-electron chi connectivity index (χ1n) is 8.55. The highest BCUT2D eigenvalue weighted by molar-refractivity contribution is 9.10. The number of pyridine rings is 1. The highest BCUT2D eigenvalue weighted by atomic mass is 79.9. The fourth-order valence-corrected chi connectivity index (χ4v) is 2.81. The fourth-order valence-electron chi connectivity index (χ4n) is 2.39. The highest BCUT2D eigenvalue weighted by Crippen LogP contribution is 2.33. The summed E-state index contributed by atoms with van der Waals surface area (Å²) in [6, 6.07) is 12.9. The quantitative estimate of drug-likeness (QED) is 0.423. The number of nitrogens with one attached hydrogen (secondary N) is 1. The number of hydrazone groups is 1. The van der Waals surface area contributed by atoms with Crippen LogP contribution >= 0.6 is 15.9 Å². The summed E-state index contributed by atoms with van der Waals surface area (Å²) in [5.74, 6) is 0.348. The van der Waals surface area contributed by atoms with E-state index >= 15 is 0 Å². The first-order chi connectivity index (χ1) is 14.1. The molecule has 3 rings (SSSR count). The van der Waals surface area contributed by atoms with Crippen LogP contribution in [0, 0.1) is 5.82 Å². The van der Waals surface area contributed by atoms with Gasteiger partial charge < -0.3 is 9.47 Å². The van der Waals surface area contributed by atoms with Gasteiger partial charge in [-0.05, 0) is 57.9 Å². The zero-order chi connectivity index (χ0) is 20.6. The maximum atomic E-state index is 13.0. The maximum absolute atomic E-state index is 13.0. The lowest BCUT2D eigenvalue weighted by Crippen LogP contribution is -2.17. The van der Waals surface area contributed by atoms with Crippen molar-refractivity contribution in [3.63, 3.8) is 0 Å². The lowest BCUT2D eigenvalue weighted by atomic mass is 10.2. The number of hydrogen-bond acceptors (Lipinski definition) is 5. The maximum Gasteiger partial charge on any atom is 0.272 e. The number of amides is 1. The third-order valence-corrected chi connectivity index (χ3v) is 4.57. The van der Waals surface area contributed by atoms with Crippen LogP contribution in [-0.4, -0.2) is 24.2 Å². The number of benzene rings is 2. The number of nitrogens with zero attached hydrogens (tertiary/aromatic N) is 2. The van der Waals surface area contributed by atoms with Crippen molar-refractivity contribution >= 4 is 28.1 Å². The number of ether oxygens (including phenoxy) is 2. The predicted molar refractivity (Wildman–Crippen MR) is 111 cm³/mol. The van der Waals surface area contributed by atoms with Crippen LogP contribution in [0.5, 0.6) is 11.5 Å². The number of carbonyl (C=O) groups excluding carboxylic acids is 1. The second kappa shape index (κ2) is 9.79. The van der Waals surface area contributed by atoms with Gasteiger partial charge in [0.15, 0.2) is 11.5 Å². The average Bonchev–Trinajstić information content (AvgIpc) is 2.75. The summed E-state index contributed by atoms with van der Waals surface area (Å²) in [6.07, 6.45) is 4.53. The lowest BCUT2D eigenvalue weighted by Gasteiger charge is -2.13. The molecule has 0 atom stereocenters. The molecular weight excluding hydrogens is 441 g/mol. The van der Waals surface area contributed by atoms with Gasteiger partial charge in [0.05, 0.1) is 18.9 Å². The zero-order valence-electron chi connectivity index (χ0n) is 15.4. The van der Waals surface area contributed by atoms with E-state index in [9.17, 15) is 9.18 Å². The molecule has 8 heteroatoms. The molecule has 1 N–H and O–H groups in total. The van der Waals surface area contributed by atoms with Gasteiger partial charge in [0.1, 0.15) is 12.4 Å². The Morgan fingerprint density at radius 1 is 1.24 bits per heavy atom. The normalized spacial score (nSPS) is 10.7. The topological polar surface area (TPSA) is 72.8 Å². The molecule has 6 nitrogen and oxygen atoms in total. The van der Waals surface area contributed by atoms with Gasteiger partial charge in [-0.2, -0.15) is 5.10 Å². The Labute approximate surface area is 175 Å². The molecule has 3 aromatic rings. The van der Waals surface area contributed by atoms with Crippen molar-refractivity contribution in [2.45, 2.75) is 6.61 Å². The first kappa shape index (κ1) is 20.5. The number of rotatable bonds is 7. The second-order valence-corrected chi connectivity index (χ2v) is 6.73. The minimum Gasteiger partial charge on any atom is -0.493 e. The summed E-state index contributed by atoms with van der Waals surface area (Å²) < 4.78 is 24.9. The van der Waals surface area contributed by atoms with E-state index in [0.717, 1.165) is 5.56 Å². The molecule has 0 saturated carbocycles. The van der Waals surface area contributed by atoms with Crippen LogP contribution in [-0.2, 0) is 6.61 Å². The molecule has 0 spiro atoms. The van der Waals surface area contributed by atoms with Gasteiger partial charge in [-0.25, -0.2) is 9.82 Å². The van der Waals surface area contributed by atoms with Crippen molar-refractivity contribution in [1.82, 2.24) is 10.4 Å². The van der Waals surface area contributed by atoms with Gasteiger partial charge in [-0.15, -0.1) is 0 Å². The molecule has 148 valence electrons. The van der Waals surface area contributed by atoms with Gasteiger partial charge in [0.2, 0.25) is 0 Å². The second-order valence-electron chi connectivity index (χ2n) is 5.88. The highest BCUT2D eigenvalue weighted by Gasteiger charge is 2.10. The number of methoxy groups -OCH3 is 1. The third kappa shape index (κ3) is 5.61. The Kier molecular flexibility index (Phi) is 6.91. The van der Waals surface area contributed by atoms with Gasteiger partial charge in [0, 0.05) is 22.4 Å². The molecule has 0 aliphatic carbocycles. The Bertz CT molecular complexity index is 1010. The van der Waals surface area contributed by atoms with E-state index in [1.807, 2.05) is 0 Å². The van der Waals surface area contributed by atoms with E-state index < -0.39 is 0 Å². The summed E-state index contributed by atoms with van der Waals surface area (Å²) in [5.41, 5.74) is 4.36. The van der Waals surface area contributed by atoms with Crippen molar-refractivity contribution in [3.05, 3.63) is 87.9 Å². The Morgan fingerprint density at radius 2 is 2.03 bits per heavy atom. The van der Waals surface area contributed by atoms with Crippen LogP contribution in [0.2, 0.25) is 0 Å². The van der Waals surface area contributed by atoms with Crippen molar-refractivity contribution in [2.24, 2.45) is 5.10 Å². The standard InChI is InChI=1S/C21H17BrFN3O3/c1-28-19-9-16(12-25-26-21(27)15-3-2-8-24-11-15)18(22)10-20(19)29-13-14-4-6-17(23)7-5-14/h2-12H,13H2,1H3,(H,26,27)/b25-12+. The van der Waals surface area contributed by atoms with Crippen molar-refractivity contribution in [1.29, 1.82) is 0 Å². The molecule has 0 aliphatic heterocycles. The van der Waals surface area contributed by atoms with Crippen LogP contribution in [0.15, 0.2) is 70.5 Å². The van der Waals surface area contributed by atoms with Crippen LogP contribution in [0.4, 0.5) is 4.39 Å². The number of carbonyl (C=O) groups is 1. The molecule has 0 saturated heterocycles. The molecule has 0 radical (unpaired) electrons. The smallest absolute Gasteiger partial charge is 0.272 e.